The van der Waals surface area contributed by atoms with Crippen LogP contribution in [0.5, 0.6) is 0 Å². The summed E-state index contributed by atoms with van der Waals surface area (Å²) in [6, 6.07) is 2.09. The zero-order valence-electron chi connectivity index (χ0n) is 11.4. The van der Waals surface area contributed by atoms with Crippen molar-refractivity contribution in [3.8, 4) is 0 Å². The van der Waals surface area contributed by atoms with E-state index in [9.17, 15) is 4.79 Å². The molecule has 0 aliphatic carbocycles. The van der Waals surface area contributed by atoms with Gasteiger partial charge in [0.15, 0.2) is 0 Å². The van der Waals surface area contributed by atoms with E-state index in [2.05, 4.69) is 24.0 Å². The van der Waals surface area contributed by atoms with Gasteiger partial charge < -0.3 is 10.6 Å². The molecule has 1 aromatic rings. The summed E-state index contributed by atoms with van der Waals surface area (Å²) >= 11 is 0. The molecular formula is C13H22N4O. The van der Waals surface area contributed by atoms with Crippen LogP contribution < -0.4 is 5.73 Å². The Bertz CT molecular complexity index is 438. The number of aryl methyl sites for hydroxylation is 1. The number of H-pyrrole nitrogens is 1. The van der Waals surface area contributed by atoms with Crippen molar-refractivity contribution in [2.24, 2.45) is 11.1 Å². The third-order valence-electron chi connectivity index (χ3n) is 3.76. The van der Waals surface area contributed by atoms with Gasteiger partial charge >= 0.3 is 0 Å². The van der Waals surface area contributed by atoms with E-state index in [1.165, 1.54) is 0 Å². The van der Waals surface area contributed by atoms with E-state index in [1.54, 1.807) is 0 Å². The van der Waals surface area contributed by atoms with Crippen LogP contribution in [-0.2, 0) is 11.2 Å². The molecule has 5 heteroatoms. The smallest absolute Gasteiger partial charge is 0.228 e. The minimum Gasteiger partial charge on any atom is -0.342 e. The Balaban J connectivity index is 1.98. The molecule has 1 unspecified atom stereocenters. The van der Waals surface area contributed by atoms with Crippen LogP contribution >= 0.6 is 0 Å². The molecule has 3 N–H and O–H groups in total. The number of aromatic nitrogens is 2. The number of nitrogens with zero attached hydrogens (tertiary/aromatic N) is 2. The average molecular weight is 250 g/mol. The van der Waals surface area contributed by atoms with Crippen LogP contribution in [0.3, 0.4) is 0 Å². The van der Waals surface area contributed by atoms with Crippen molar-refractivity contribution in [1.29, 1.82) is 0 Å². The van der Waals surface area contributed by atoms with Gasteiger partial charge in [-0.3, -0.25) is 9.89 Å². The summed E-state index contributed by atoms with van der Waals surface area (Å²) < 4.78 is 0. The Hall–Kier alpha value is -1.36. The summed E-state index contributed by atoms with van der Waals surface area (Å²) in [5, 5.41) is 6.96. The lowest BCUT2D eigenvalue weighted by atomic mass is 9.79. The first-order chi connectivity index (χ1) is 8.38. The van der Waals surface area contributed by atoms with Gasteiger partial charge in [0.05, 0.1) is 12.1 Å². The highest BCUT2D eigenvalue weighted by Crippen LogP contribution is 2.27. The maximum Gasteiger partial charge on any atom is 0.228 e. The summed E-state index contributed by atoms with van der Waals surface area (Å²) in [5.74, 6) is 0.140. The monoisotopic (exact) mass is 250 g/mol. The number of hydrogen-bond acceptors (Lipinski definition) is 3. The molecule has 2 rings (SSSR count). The van der Waals surface area contributed by atoms with Gasteiger partial charge in [-0.25, -0.2) is 0 Å². The van der Waals surface area contributed by atoms with Crippen molar-refractivity contribution in [2.45, 2.75) is 39.7 Å². The number of nitrogens with one attached hydrogen (secondary N) is 1. The van der Waals surface area contributed by atoms with Crippen LogP contribution in [0.2, 0.25) is 0 Å². The summed E-state index contributed by atoms with van der Waals surface area (Å²) in [5.41, 5.74) is 7.87. The first kappa shape index (κ1) is 13.1. The lowest BCUT2D eigenvalue weighted by molar-refractivity contribution is -0.133. The van der Waals surface area contributed by atoms with Crippen molar-refractivity contribution in [1.82, 2.24) is 15.1 Å². The lowest BCUT2D eigenvalue weighted by Gasteiger charge is -2.42. The minimum absolute atomic E-state index is 0.00456. The van der Waals surface area contributed by atoms with E-state index < -0.39 is 0 Å². The molecule has 0 radical (unpaired) electrons. The van der Waals surface area contributed by atoms with Gasteiger partial charge in [-0.05, 0) is 24.8 Å². The number of aromatic amines is 1. The Kier molecular flexibility index (Phi) is 3.43. The number of rotatable bonds is 2. The predicted molar refractivity (Wildman–Crippen MR) is 70.0 cm³/mol. The molecule has 0 saturated carbocycles. The molecule has 1 amide bonds. The molecular weight excluding hydrogens is 228 g/mol. The zero-order valence-corrected chi connectivity index (χ0v) is 11.4. The van der Waals surface area contributed by atoms with E-state index in [1.807, 2.05) is 17.9 Å². The zero-order chi connectivity index (χ0) is 13.3. The molecule has 1 fully saturated rings. The normalized spacial score (nSPS) is 23.1. The van der Waals surface area contributed by atoms with Gasteiger partial charge in [0.1, 0.15) is 0 Å². The highest BCUT2D eigenvalue weighted by molar-refractivity contribution is 5.78. The van der Waals surface area contributed by atoms with Crippen LogP contribution in [0.15, 0.2) is 6.07 Å². The minimum atomic E-state index is -0.00456. The molecule has 1 saturated heterocycles. The Morgan fingerprint density at radius 1 is 1.67 bits per heavy atom. The highest BCUT2D eigenvalue weighted by atomic mass is 16.2. The molecule has 1 aliphatic heterocycles. The molecule has 0 bridgehead atoms. The van der Waals surface area contributed by atoms with Crippen LogP contribution in [0.4, 0.5) is 0 Å². The summed E-state index contributed by atoms with van der Waals surface area (Å²) in [4.78, 5) is 14.1. The molecule has 1 aromatic heterocycles. The number of piperidine rings is 1. The van der Waals surface area contributed by atoms with Gasteiger partial charge in [0.25, 0.3) is 0 Å². The predicted octanol–water partition coefficient (Wildman–Crippen LogP) is 0.846. The topological polar surface area (TPSA) is 75.0 Å². The maximum absolute atomic E-state index is 12.2. The van der Waals surface area contributed by atoms with Crippen molar-refractivity contribution in [2.75, 3.05) is 13.1 Å². The van der Waals surface area contributed by atoms with Crippen LogP contribution in [0, 0.1) is 12.3 Å². The lowest BCUT2D eigenvalue weighted by Crippen LogP contribution is -2.54. The van der Waals surface area contributed by atoms with Crippen molar-refractivity contribution in [3.05, 3.63) is 17.5 Å². The summed E-state index contributed by atoms with van der Waals surface area (Å²) in [6.45, 7) is 7.67. The van der Waals surface area contributed by atoms with Crippen LogP contribution in [0.1, 0.15) is 31.7 Å². The molecule has 5 nitrogen and oxygen atoms in total. The fourth-order valence-corrected chi connectivity index (χ4v) is 2.42. The molecule has 18 heavy (non-hydrogen) atoms. The van der Waals surface area contributed by atoms with E-state index >= 15 is 0 Å². The third kappa shape index (κ3) is 2.72. The van der Waals surface area contributed by atoms with E-state index in [-0.39, 0.29) is 17.4 Å². The number of carbonyl (C=O) groups excluding carboxylic acids is 1. The third-order valence-corrected chi connectivity index (χ3v) is 3.76. The first-order valence-corrected chi connectivity index (χ1v) is 6.43. The van der Waals surface area contributed by atoms with Crippen LogP contribution in [0.25, 0.3) is 0 Å². The van der Waals surface area contributed by atoms with E-state index in [4.69, 9.17) is 5.73 Å². The first-order valence-electron chi connectivity index (χ1n) is 6.43. The Labute approximate surface area is 108 Å². The average Bonchev–Trinajstić information content (AvgIpc) is 2.68. The van der Waals surface area contributed by atoms with Crippen molar-refractivity contribution >= 4 is 5.91 Å². The number of likely N-dealkylation sites (tertiary alicyclic amines) is 1. The second-order valence-electron chi connectivity index (χ2n) is 5.92. The van der Waals surface area contributed by atoms with Crippen LogP contribution in [-0.4, -0.2) is 40.1 Å². The van der Waals surface area contributed by atoms with Gasteiger partial charge in [-0.1, -0.05) is 13.8 Å². The fraction of sp³-hybridized carbons (Fsp3) is 0.692. The quantitative estimate of drug-likeness (QED) is 0.817. The Morgan fingerprint density at radius 3 is 2.94 bits per heavy atom. The molecule has 2 heterocycles. The summed E-state index contributed by atoms with van der Waals surface area (Å²) in [6.07, 6.45) is 1.24. The van der Waals surface area contributed by atoms with E-state index in [0.29, 0.717) is 6.42 Å². The molecule has 100 valence electrons. The highest BCUT2D eigenvalue weighted by Gasteiger charge is 2.35. The molecule has 1 aliphatic rings. The maximum atomic E-state index is 12.2. The number of carbonyl (C=O) groups is 1. The molecule has 0 spiro atoms. The Morgan fingerprint density at radius 2 is 2.39 bits per heavy atom. The van der Waals surface area contributed by atoms with Gasteiger partial charge in [-0.15, -0.1) is 0 Å². The van der Waals surface area contributed by atoms with E-state index in [0.717, 1.165) is 30.9 Å². The van der Waals surface area contributed by atoms with Crippen molar-refractivity contribution in [3.63, 3.8) is 0 Å². The number of hydrogen-bond donors (Lipinski definition) is 2. The number of nitrogens with two attached hydrogens (primary N) is 1. The van der Waals surface area contributed by atoms with Gasteiger partial charge in [0, 0.05) is 24.8 Å². The summed E-state index contributed by atoms with van der Waals surface area (Å²) in [7, 11) is 0. The molecule has 1 atom stereocenters. The second kappa shape index (κ2) is 4.72. The second-order valence-corrected chi connectivity index (χ2v) is 5.92. The van der Waals surface area contributed by atoms with Gasteiger partial charge in [-0.2, -0.15) is 5.10 Å². The largest absolute Gasteiger partial charge is 0.342 e. The fourth-order valence-electron chi connectivity index (χ4n) is 2.42. The number of amides is 1. The SMILES string of the molecule is Cc1cc(CC(=O)N2CCC(N)C(C)(C)C2)n[nH]1. The standard InChI is InChI=1S/C13H22N4O/c1-9-6-10(16-15-9)7-12(18)17-5-4-11(14)13(2,3)8-17/h6,11H,4-5,7-8,14H2,1-3H3,(H,15,16). The molecule has 0 aromatic carbocycles. The van der Waals surface area contributed by atoms with Crippen molar-refractivity contribution < 1.29 is 4.79 Å². The van der Waals surface area contributed by atoms with Gasteiger partial charge in [0.2, 0.25) is 5.91 Å².